The van der Waals surface area contributed by atoms with Gasteiger partial charge in [0.15, 0.2) is 0 Å². The van der Waals surface area contributed by atoms with E-state index in [1.807, 2.05) is 0 Å². The molecule has 0 radical (unpaired) electrons. The van der Waals surface area contributed by atoms with Crippen LogP contribution in [0.5, 0.6) is 5.75 Å². The smallest absolute Gasteiger partial charge is 0.125 e. The maximum atomic E-state index is 5.66. The molecule has 0 atom stereocenters. The van der Waals surface area contributed by atoms with E-state index in [1.54, 1.807) is 7.11 Å². The molecule has 1 aromatic carbocycles. The summed E-state index contributed by atoms with van der Waals surface area (Å²) >= 11 is 0. The lowest BCUT2D eigenvalue weighted by Crippen LogP contribution is -2.26. The fraction of sp³-hybridized carbons (Fsp3) is 0.647. The van der Waals surface area contributed by atoms with E-state index in [4.69, 9.17) is 4.74 Å². The lowest BCUT2D eigenvalue weighted by molar-refractivity contribution is 0.401. The van der Waals surface area contributed by atoms with Crippen molar-refractivity contribution in [2.24, 2.45) is 0 Å². The van der Waals surface area contributed by atoms with Gasteiger partial charge in [-0.15, -0.1) is 0 Å². The predicted molar refractivity (Wildman–Crippen MR) is 81.3 cm³/mol. The summed E-state index contributed by atoms with van der Waals surface area (Å²) in [4.78, 5) is 0. The second-order valence-electron chi connectivity index (χ2n) is 5.84. The van der Waals surface area contributed by atoms with E-state index in [9.17, 15) is 0 Å². The predicted octanol–water partition coefficient (Wildman–Crippen LogP) is 3.85. The average Bonchev–Trinajstić information content (AvgIpc) is 2.46. The summed E-state index contributed by atoms with van der Waals surface area (Å²) in [5, 5.41) is 3.45. The van der Waals surface area contributed by atoms with E-state index in [-0.39, 0.29) is 0 Å². The maximum Gasteiger partial charge on any atom is 0.125 e. The van der Waals surface area contributed by atoms with Gasteiger partial charge in [0.2, 0.25) is 0 Å². The van der Waals surface area contributed by atoms with E-state index in [1.165, 1.54) is 29.5 Å². The number of hydrogen-bond donors (Lipinski definition) is 1. The molecule has 1 heterocycles. The molecule has 2 heteroatoms. The van der Waals surface area contributed by atoms with Crippen LogP contribution in [-0.4, -0.2) is 20.2 Å². The number of rotatable bonds is 4. The third-order valence-corrected chi connectivity index (χ3v) is 4.23. The number of hydrogen-bond acceptors (Lipinski definition) is 2. The van der Waals surface area contributed by atoms with Crippen LogP contribution in [0.2, 0.25) is 0 Å². The number of ether oxygens (including phenoxy) is 1. The average molecular weight is 261 g/mol. The Kier molecular flexibility index (Phi) is 4.87. The molecule has 1 aromatic rings. The summed E-state index contributed by atoms with van der Waals surface area (Å²) in [5.41, 5.74) is 4.25. The van der Waals surface area contributed by atoms with E-state index in [0.717, 1.165) is 31.2 Å². The minimum Gasteiger partial charge on any atom is -0.496 e. The van der Waals surface area contributed by atoms with Crippen LogP contribution in [-0.2, 0) is 6.42 Å². The molecular weight excluding hydrogens is 234 g/mol. The molecule has 0 amide bonds. The fourth-order valence-corrected chi connectivity index (χ4v) is 3.07. The molecule has 1 aliphatic rings. The summed E-state index contributed by atoms with van der Waals surface area (Å²) in [6.45, 7) is 9.02. The lowest BCUT2D eigenvalue weighted by atomic mass is 9.85. The number of benzene rings is 1. The van der Waals surface area contributed by atoms with Crippen molar-refractivity contribution in [3.63, 3.8) is 0 Å². The molecule has 2 nitrogen and oxygen atoms in total. The first-order valence-electron chi connectivity index (χ1n) is 7.58. The van der Waals surface area contributed by atoms with Gasteiger partial charge in [-0.05, 0) is 60.9 Å². The molecule has 19 heavy (non-hydrogen) atoms. The molecule has 0 spiro atoms. The van der Waals surface area contributed by atoms with Gasteiger partial charge < -0.3 is 10.1 Å². The highest BCUT2D eigenvalue weighted by atomic mass is 16.5. The Labute approximate surface area is 117 Å². The van der Waals surface area contributed by atoms with Gasteiger partial charge in [-0.3, -0.25) is 0 Å². The molecule has 1 saturated heterocycles. The van der Waals surface area contributed by atoms with Gasteiger partial charge in [0.25, 0.3) is 0 Å². The molecule has 0 unspecified atom stereocenters. The van der Waals surface area contributed by atoms with Gasteiger partial charge in [0, 0.05) is 0 Å². The zero-order chi connectivity index (χ0) is 13.8. The standard InChI is InChI=1S/C17H27NO/c1-5-13-10-15(14-6-8-18-9-7-14)11-16(12(2)3)17(13)19-4/h10-12,14,18H,5-9H2,1-4H3. The van der Waals surface area contributed by atoms with Crippen molar-refractivity contribution in [2.45, 2.75) is 51.9 Å². The number of aryl methyl sites for hydroxylation is 1. The summed E-state index contributed by atoms with van der Waals surface area (Å²) in [6, 6.07) is 4.76. The van der Waals surface area contributed by atoms with E-state index < -0.39 is 0 Å². The Balaban J connectivity index is 2.41. The van der Waals surface area contributed by atoms with Gasteiger partial charge >= 0.3 is 0 Å². The maximum absolute atomic E-state index is 5.66. The van der Waals surface area contributed by atoms with Crippen LogP contribution in [0.1, 0.15) is 62.1 Å². The van der Waals surface area contributed by atoms with E-state index in [0.29, 0.717) is 5.92 Å². The van der Waals surface area contributed by atoms with Crippen molar-refractivity contribution >= 4 is 0 Å². The molecule has 0 aromatic heterocycles. The van der Waals surface area contributed by atoms with E-state index >= 15 is 0 Å². The molecule has 0 aliphatic carbocycles. The molecule has 2 rings (SSSR count). The number of methoxy groups -OCH3 is 1. The first-order chi connectivity index (χ1) is 9.17. The summed E-state index contributed by atoms with van der Waals surface area (Å²) in [6.07, 6.45) is 3.56. The molecule has 106 valence electrons. The van der Waals surface area contributed by atoms with Crippen molar-refractivity contribution in [3.8, 4) is 5.75 Å². The van der Waals surface area contributed by atoms with Crippen molar-refractivity contribution < 1.29 is 4.74 Å². The van der Waals surface area contributed by atoms with Crippen molar-refractivity contribution in [1.82, 2.24) is 5.32 Å². The van der Waals surface area contributed by atoms with Crippen molar-refractivity contribution in [1.29, 1.82) is 0 Å². The molecular formula is C17H27NO. The van der Waals surface area contributed by atoms with Crippen LogP contribution in [0.25, 0.3) is 0 Å². The Hall–Kier alpha value is -1.02. The summed E-state index contributed by atoms with van der Waals surface area (Å²) < 4.78 is 5.66. The van der Waals surface area contributed by atoms with Crippen LogP contribution < -0.4 is 10.1 Å². The monoisotopic (exact) mass is 261 g/mol. The third-order valence-electron chi connectivity index (χ3n) is 4.23. The topological polar surface area (TPSA) is 21.3 Å². The van der Waals surface area contributed by atoms with Gasteiger partial charge in [-0.2, -0.15) is 0 Å². The highest BCUT2D eigenvalue weighted by Crippen LogP contribution is 2.36. The third kappa shape index (κ3) is 3.11. The van der Waals surface area contributed by atoms with Crippen LogP contribution in [0.4, 0.5) is 0 Å². The van der Waals surface area contributed by atoms with Crippen molar-refractivity contribution in [3.05, 3.63) is 28.8 Å². The highest BCUT2D eigenvalue weighted by molar-refractivity contribution is 5.47. The molecule has 1 fully saturated rings. The van der Waals surface area contributed by atoms with Gasteiger partial charge in [-0.1, -0.05) is 32.9 Å². The SMILES string of the molecule is CCc1cc(C2CCNCC2)cc(C(C)C)c1OC. The quantitative estimate of drug-likeness (QED) is 0.889. The van der Waals surface area contributed by atoms with Crippen LogP contribution in [0.15, 0.2) is 12.1 Å². The first kappa shape index (κ1) is 14.4. The summed E-state index contributed by atoms with van der Waals surface area (Å²) in [7, 11) is 1.80. The van der Waals surface area contributed by atoms with Crippen LogP contribution in [0.3, 0.4) is 0 Å². The summed E-state index contributed by atoms with van der Waals surface area (Å²) in [5.74, 6) is 2.34. The zero-order valence-electron chi connectivity index (χ0n) is 12.8. The molecule has 0 saturated carbocycles. The van der Waals surface area contributed by atoms with Gasteiger partial charge in [0.05, 0.1) is 7.11 Å². The molecule has 1 aliphatic heterocycles. The van der Waals surface area contributed by atoms with Gasteiger partial charge in [-0.25, -0.2) is 0 Å². The largest absolute Gasteiger partial charge is 0.496 e. The Morgan fingerprint density at radius 2 is 1.95 bits per heavy atom. The highest BCUT2D eigenvalue weighted by Gasteiger charge is 2.20. The van der Waals surface area contributed by atoms with Crippen LogP contribution in [0, 0.1) is 0 Å². The van der Waals surface area contributed by atoms with Crippen molar-refractivity contribution in [2.75, 3.05) is 20.2 Å². The van der Waals surface area contributed by atoms with E-state index in [2.05, 4.69) is 38.2 Å². The Bertz CT molecular complexity index is 420. The van der Waals surface area contributed by atoms with Crippen LogP contribution >= 0.6 is 0 Å². The number of nitrogens with one attached hydrogen (secondary N) is 1. The lowest BCUT2D eigenvalue weighted by Gasteiger charge is -2.26. The Morgan fingerprint density at radius 1 is 1.26 bits per heavy atom. The minimum atomic E-state index is 0.516. The number of piperidine rings is 1. The second kappa shape index (κ2) is 6.42. The molecule has 1 N–H and O–H groups in total. The van der Waals surface area contributed by atoms with Gasteiger partial charge in [0.1, 0.15) is 5.75 Å². The second-order valence-corrected chi connectivity index (χ2v) is 5.84. The normalized spacial score (nSPS) is 16.9. The zero-order valence-corrected chi connectivity index (χ0v) is 12.8. The Morgan fingerprint density at radius 3 is 2.47 bits per heavy atom. The minimum absolute atomic E-state index is 0.516. The first-order valence-corrected chi connectivity index (χ1v) is 7.58. The fourth-order valence-electron chi connectivity index (χ4n) is 3.07. The molecule has 0 bridgehead atoms.